The molecule has 1 aromatic heterocycles. The fourth-order valence-corrected chi connectivity index (χ4v) is 1.79. The maximum absolute atomic E-state index is 12.7. The zero-order valence-corrected chi connectivity index (χ0v) is 11.3. The number of rotatable bonds is 5. The quantitative estimate of drug-likeness (QED) is 0.885. The summed E-state index contributed by atoms with van der Waals surface area (Å²) in [4.78, 5) is 14.5. The van der Waals surface area contributed by atoms with E-state index in [-0.39, 0.29) is 30.5 Å². The SMILES string of the molecule is Cc1c(COCc2ccc(F)cc2)cnc(C(=O)O)c1O. The van der Waals surface area contributed by atoms with E-state index < -0.39 is 5.97 Å². The molecule has 0 spiro atoms. The van der Waals surface area contributed by atoms with Gasteiger partial charge in [0, 0.05) is 17.3 Å². The van der Waals surface area contributed by atoms with Crippen LogP contribution in [-0.2, 0) is 18.0 Å². The smallest absolute Gasteiger partial charge is 0.358 e. The van der Waals surface area contributed by atoms with Gasteiger partial charge in [0.25, 0.3) is 0 Å². The predicted octanol–water partition coefficient (Wildman–Crippen LogP) is 2.65. The molecule has 2 aromatic rings. The van der Waals surface area contributed by atoms with Crippen molar-refractivity contribution in [3.8, 4) is 5.75 Å². The van der Waals surface area contributed by atoms with Gasteiger partial charge >= 0.3 is 5.97 Å². The number of aromatic nitrogens is 1. The highest BCUT2D eigenvalue weighted by Crippen LogP contribution is 2.23. The molecule has 2 N–H and O–H groups in total. The van der Waals surface area contributed by atoms with E-state index in [4.69, 9.17) is 9.84 Å². The second-order valence-corrected chi connectivity index (χ2v) is 4.53. The number of benzene rings is 1. The van der Waals surface area contributed by atoms with Crippen LogP contribution in [0.15, 0.2) is 30.5 Å². The Kier molecular flexibility index (Phi) is 4.49. The monoisotopic (exact) mass is 291 g/mol. The minimum absolute atomic E-state index is 0.170. The Hall–Kier alpha value is -2.47. The molecule has 0 unspecified atom stereocenters. The van der Waals surface area contributed by atoms with Crippen LogP contribution in [0.5, 0.6) is 5.75 Å². The van der Waals surface area contributed by atoms with Gasteiger partial charge in [-0.3, -0.25) is 0 Å². The number of carboxylic acids is 1. The number of ether oxygens (including phenoxy) is 1. The van der Waals surface area contributed by atoms with Gasteiger partial charge < -0.3 is 14.9 Å². The number of halogens is 1. The van der Waals surface area contributed by atoms with Gasteiger partial charge in [-0.1, -0.05) is 12.1 Å². The number of hydrogen-bond acceptors (Lipinski definition) is 4. The fraction of sp³-hybridized carbons (Fsp3) is 0.200. The summed E-state index contributed by atoms with van der Waals surface area (Å²) in [5.41, 5.74) is 1.45. The number of aromatic hydroxyl groups is 1. The Balaban J connectivity index is 2.02. The number of aromatic carboxylic acids is 1. The van der Waals surface area contributed by atoms with Gasteiger partial charge in [-0.05, 0) is 24.6 Å². The van der Waals surface area contributed by atoms with Gasteiger partial charge in [0.15, 0.2) is 11.4 Å². The highest BCUT2D eigenvalue weighted by molar-refractivity contribution is 5.89. The third-order valence-electron chi connectivity index (χ3n) is 3.05. The van der Waals surface area contributed by atoms with E-state index in [1.807, 2.05) is 0 Å². The molecule has 2 rings (SSSR count). The molecule has 0 saturated heterocycles. The van der Waals surface area contributed by atoms with Gasteiger partial charge in [0.05, 0.1) is 13.2 Å². The van der Waals surface area contributed by atoms with Gasteiger partial charge in [0.2, 0.25) is 0 Å². The van der Waals surface area contributed by atoms with E-state index in [0.29, 0.717) is 11.1 Å². The van der Waals surface area contributed by atoms with Crippen LogP contribution < -0.4 is 0 Å². The molecule has 0 bridgehead atoms. The lowest BCUT2D eigenvalue weighted by molar-refractivity contribution is 0.0686. The summed E-state index contributed by atoms with van der Waals surface area (Å²) in [5.74, 6) is -1.95. The Labute approximate surface area is 120 Å². The highest BCUT2D eigenvalue weighted by atomic mass is 19.1. The van der Waals surface area contributed by atoms with Crippen LogP contribution in [0.4, 0.5) is 4.39 Å². The largest absolute Gasteiger partial charge is 0.505 e. The zero-order valence-electron chi connectivity index (χ0n) is 11.3. The summed E-state index contributed by atoms with van der Waals surface area (Å²) in [6.45, 7) is 2.05. The first kappa shape index (κ1) is 14.9. The Morgan fingerprint density at radius 2 is 1.95 bits per heavy atom. The molecule has 0 aliphatic heterocycles. The van der Waals surface area contributed by atoms with Crippen LogP contribution in [-0.4, -0.2) is 21.2 Å². The first-order chi connectivity index (χ1) is 9.99. The lowest BCUT2D eigenvalue weighted by Gasteiger charge is -2.10. The minimum atomic E-state index is -1.28. The van der Waals surface area contributed by atoms with E-state index in [1.54, 1.807) is 19.1 Å². The zero-order chi connectivity index (χ0) is 15.4. The van der Waals surface area contributed by atoms with Gasteiger partial charge in [-0.15, -0.1) is 0 Å². The number of hydrogen-bond donors (Lipinski definition) is 2. The molecule has 0 saturated carbocycles. The number of pyridine rings is 1. The summed E-state index contributed by atoms with van der Waals surface area (Å²) in [6.07, 6.45) is 1.36. The van der Waals surface area contributed by atoms with Crippen molar-refractivity contribution in [2.24, 2.45) is 0 Å². The Bertz CT molecular complexity index is 655. The normalized spacial score (nSPS) is 10.6. The molecule has 0 aliphatic rings. The molecule has 0 radical (unpaired) electrons. The van der Waals surface area contributed by atoms with E-state index >= 15 is 0 Å². The van der Waals surface area contributed by atoms with E-state index in [2.05, 4.69) is 4.98 Å². The third-order valence-corrected chi connectivity index (χ3v) is 3.05. The lowest BCUT2D eigenvalue weighted by Crippen LogP contribution is -2.05. The van der Waals surface area contributed by atoms with Crippen LogP contribution in [0, 0.1) is 12.7 Å². The number of nitrogens with zero attached hydrogens (tertiary/aromatic N) is 1. The molecule has 0 fully saturated rings. The van der Waals surface area contributed by atoms with Crippen molar-refractivity contribution in [2.45, 2.75) is 20.1 Å². The summed E-state index contributed by atoms with van der Waals surface area (Å²) < 4.78 is 18.2. The van der Waals surface area contributed by atoms with Crippen LogP contribution in [0.2, 0.25) is 0 Å². The highest BCUT2D eigenvalue weighted by Gasteiger charge is 2.16. The van der Waals surface area contributed by atoms with Crippen LogP contribution in [0.25, 0.3) is 0 Å². The molecule has 1 heterocycles. The first-order valence-corrected chi connectivity index (χ1v) is 6.22. The summed E-state index contributed by atoms with van der Waals surface area (Å²) >= 11 is 0. The van der Waals surface area contributed by atoms with Gasteiger partial charge in [0.1, 0.15) is 5.82 Å². The molecule has 21 heavy (non-hydrogen) atoms. The van der Waals surface area contributed by atoms with Crippen molar-refractivity contribution < 1.29 is 24.1 Å². The van der Waals surface area contributed by atoms with Crippen molar-refractivity contribution in [3.63, 3.8) is 0 Å². The standard InChI is InChI=1S/C15H14FNO4/c1-9-11(6-17-13(14(9)18)15(19)20)8-21-7-10-2-4-12(16)5-3-10/h2-6,18H,7-8H2,1H3,(H,19,20). The van der Waals surface area contributed by atoms with E-state index in [9.17, 15) is 14.3 Å². The number of carbonyl (C=O) groups is 1. The first-order valence-electron chi connectivity index (χ1n) is 6.22. The average molecular weight is 291 g/mol. The van der Waals surface area contributed by atoms with Crippen molar-refractivity contribution in [1.29, 1.82) is 0 Å². The average Bonchev–Trinajstić information content (AvgIpc) is 2.45. The van der Waals surface area contributed by atoms with Crippen molar-refractivity contribution in [1.82, 2.24) is 4.98 Å². The molecular weight excluding hydrogens is 277 g/mol. The van der Waals surface area contributed by atoms with Crippen LogP contribution in [0.3, 0.4) is 0 Å². The van der Waals surface area contributed by atoms with E-state index in [0.717, 1.165) is 5.56 Å². The second-order valence-electron chi connectivity index (χ2n) is 4.53. The summed E-state index contributed by atoms with van der Waals surface area (Å²) in [6, 6.07) is 5.93. The van der Waals surface area contributed by atoms with Crippen molar-refractivity contribution in [3.05, 3.63) is 58.7 Å². The maximum atomic E-state index is 12.7. The molecule has 0 amide bonds. The molecule has 0 atom stereocenters. The van der Waals surface area contributed by atoms with Crippen molar-refractivity contribution >= 4 is 5.97 Å². The van der Waals surface area contributed by atoms with Gasteiger partial charge in [-0.25, -0.2) is 14.2 Å². The lowest BCUT2D eigenvalue weighted by atomic mass is 10.1. The van der Waals surface area contributed by atoms with Crippen LogP contribution in [0.1, 0.15) is 27.2 Å². The van der Waals surface area contributed by atoms with Gasteiger partial charge in [-0.2, -0.15) is 0 Å². The minimum Gasteiger partial charge on any atom is -0.505 e. The summed E-state index contributed by atoms with van der Waals surface area (Å²) in [5, 5.41) is 18.6. The predicted molar refractivity (Wildman–Crippen MR) is 72.5 cm³/mol. The van der Waals surface area contributed by atoms with Crippen molar-refractivity contribution in [2.75, 3.05) is 0 Å². The molecule has 6 heteroatoms. The molecule has 5 nitrogen and oxygen atoms in total. The van der Waals surface area contributed by atoms with Crippen LogP contribution >= 0.6 is 0 Å². The Morgan fingerprint density at radius 1 is 1.29 bits per heavy atom. The molecule has 110 valence electrons. The van der Waals surface area contributed by atoms with E-state index in [1.165, 1.54) is 18.3 Å². The topological polar surface area (TPSA) is 79.7 Å². The molecular formula is C15H14FNO4. The molecule has 0 aliphatic carbocycles. The number of carboxylic acid groups (broad SMARTS) is 1. The maximum Gasteiger partial charge on any atom is 0.358 e. The summed E-state index contributed by atoms with van der Waals surface area (Å²) in [7, 11) is 0. The fourth-order valence-electron chi connectivity index (χ4n) is 1.79. The molecule has 1 aromatic carbocycles. The third kappa shape index (κ3) is 3.55. The Morgan fingerprint density at radius 3 is 2.57 bits per heavy atom. The second kappa shape index (κ2) is 6.32.